The van der Waals surface area contributed by atoms with Crippen molar-refractivity contribution in [2.75, 3.05) is 19.7 Å². The van der Waals surface area contributed by atoms with Gasteiger partial charge in [-0.2, -0.15) is 10.1 Å². The van der Waals surface area contributed by atoms with E-state index in [9.17, 15) is 19.7 Å². The molecule has 0 aliphatic heterocycles. The standard InChI is InChI=1S/C17H15Cl2N7O6/c18-10-1-2-13(12(19)5-10)31-9-15(27)20-3-4-21-16(28)17-23-14(24-32-17)8-25-7-11(6-22-25)26(29)30/h1-2,5-7H,3-4,8-9H2,(H,20,27)(H,21,28). The van der Waals surface area contributed by atoms with Gasteiger partial charge < -0.3 is 19.9 Å². The second-order valence-corrected chi connectivity index (χ2v) is 6.98. The van der Waals surface area contributed by atoms with Crippen LogP contribution in [0.3, 0.4) is 0 Å². The maximum absolute atomic E-state index is 12.0. The van der Waals surface area contributed by atoms with Gasteiger partial charge in [0.25, 0.3) is 5.91 Å². The molecule has 0 saturated carbocycles. The van der Waals surface area contributed by atoms with Crippen molar-refractivity contribution >= 4 is 40.7 Å². The molecule has 32 heavy (non-hydrogen) atoms. The first-order chi connectivity index (χ1) is 15.3. The third kappa shape index (κ3) is 6.39. The number of aromatic nitrogens is 4. The Balaban J connectivity index is 1.37. The number of carbonyl (C=O) groups excluding carboxylic acids is 2. The van der Waals surface area contributed by atoms with Crippen molar-refractivity contribution in [2.45, 2.75) is 6.54 Å². The van der Waals surface area contributed by atoms with Crippen molar-refractivity contribution in [1.29, 1.82) is 0 Å². The predicted molar refractivity (Wildman–Crippen MR) is 110 cm³/mol. The molecule has 0 saturated heterocycles. The van der Waals surface area contributed by atoms with E-state index in [1.54, 1.807) is 12.1 Å². The largest absolute Gasteiger partial charge is 0.482 e. The Bertz CT molecular complexity index is 1130. The Kier molecular flexibility index (Phi) is 7.57. The second-order valence-electron chi connectivity index (χ2n) is 6.14. The van der Waals surface area contributed by atoms with Crippen LogP contribution in [0.4, 0.5) is 5.69 Å². The fourth-order valence-electron chi connectivity index (χ4n) is 2.33. The Morgan fingerprint density at radius 1 is 1.25 bits per heavy atom. The molecule has 0 radical (unpaired) electrons. The lowest BCUT2D eigenvalue weighted by Crippen LogP contribution is -2.36. The fourth-order valence-corrected chi connectivity index (χ4v) is 2.79. The fraction of sp³-hybridized carbons (Fsp3) is 0.235. The number of nitro groups is 1. The summed E-state index contributed by atoms with van der Waals surface area (Å²) in [6.45, 7) is -0.0677. The summed E-state index contributed by atoms with van der Waals surface area (Å²) in [6.07, 6.45) is 2.28. The molecule has 0 aliphatic carbocycles. The average molecular weight is 484 g/mol. The first kappa shape index (κ1) is 23.0. The van der Waals surface area contributed by atoms with Crippen molar-refractivity contribution in [3.8, 4) is 5.75 Å². The van der Waals surface area contributed by atoms with Crippen LogP contribution in [0.5, 0.6) is 5.75 Å². The van der Waals surface area contributed by atoms with Crippen molar-refractivity contribution < 1.29 is 23.8 Å². The summed E-state index contributed by atoms with van der Waals surface area (Å²) in [5.74, 6) is -0.933. The van der Waals surface area contributed by atoms with Gasteiger partial charge in [0, 0.05) is 18.1 Å². The van der Waals surface area contributed by atoms with Gasteiger partial charge >= 0.3 is 17.5 Å². The van der Waals surface area contributed by atoms with Crippen LogP contribution >= 0.6 is 23.2 Å². The monoisotopic (exact) mass is 483 g/mol. The number of rotatable bonds is 10. The van der Waals surface area contributed by atoms with E-state index in [2.05, 4.69) is 25.9 Å². The van der Waals surface area contributed by atoms with E-state index < -0.39 is 16.7 Å². The maximum atomic E-state index is 12.0. The number of ether oxygens (including phenoxy) is 1. The number of carbonyl (C=O) groups is 2. The predicted octanol–water partition coefficient (Wildman–Crippen LogP) is 1.45. The molecule has 2 amide bonds. The molecule has 2 N–H and O–H groups in total. The van der Waals surface area contributed by atoms with Crippen molar-refractivity contribution in [3.63, 3.8) is 0 Å². The number of hydrogen-bond acceptors (Lipinski definition) is 9. The molecule has 3 aromatic rings. The van der Waals surface area contributed by atoms with Gasteiger partial charge in [-0.3, -0.25) is 24.4 Å². The molecule has 13 nitrogen and oxygen atoms in total. The summed E-state index contributed by atoms with van der Waals surface area (Å²) in [7, 11) is 0. The highest BCUT2D eigenvalue weighted by Gasteiger charge is 2.16. The van der Waals surface area contributed by atoms with Crippen molar-refractivity contribution in [2.24, 2.45) is 0 Å². The summed E-state index contributed by atoms with van der Waals surface area (Å²) in [5, 5.41) is 23.9. The number of nitrogens with zero attached hydrogens (tertiary/aromatic N) is 5. The Morgan fingerprint density at radius 2 is 2.03 bits per heavy atom. The smallest absolute Gasteiger partial charge is 0.316 e. The summed E-state index contributed by atoms with van der Waals surface area (Å²) < 4.78 is 11.4. The van der Waals surface area contributed by atoms with Gasteiger partial charge in [0.1, 0.15) is 24.7 Å². The Labute approximate surface area is 189 Å². The zero-order valence-corrected chi connectivity index (χ0v) is 17.7. The minimum atomic E-state index is -0.645. The lowest BCUT2D eigenvalue weighted by molar-refractivity contribution is -0.385. The molecule has 0 spiro atoms. The van der Waals surface area contributed by atoms with Crippen LogP contribution in [-0.2, 0) is 11.3 Å². The van der Waals surface area contributed by atoms with Crippen LogP contribution in [0.25, 0.3) is 0 Å². The highest BCUT2D eigenvalue weighted by Crippen LogP contribution is 2.27. The number of amides is 2. The summed E-state index contributed by atoms with van der Waals surface area (Å²) in [4.78, 5) is 37.8. The highest BCUT2D eigenvalue weighted by molar-refractivity contribution is 6.35. The zero-order valence-electron chi connectivity index (χ0n) is 16.2. The summed E-state index contributed by atoms with van der Waals surface area (Å²) in [6, 6.07) is 4.62. The first-order valence-electron chi connectivity index (χ1n) is 8.94. The topological polar surface area (TPSA) is 167 Å². The number of nitrogens with one attached hydrogen (secondary N) is 2. The van der Waals surface area contributed by atoms with Gasteiger partial charge in [0.15, 0.2) is 12.4 Å². The molecule has 168 valence electrons. The number of hydrogen-bond donors (Lipinski definition) is 2. The highest BCUT2D eigenvalue weighted by atomic mass is 35.5. The Hall–Kier alpha value is -3.71. The van der Waals surface area contributed by atoms with Crippen LogP contribution in [-0.4, -0.2) is 56.4 Å². The van der Waals surface area contributed by atoms with E-state index in [0.717, 1.165) is 6.20 Å². The lowest BCUT2D eigenvalue weighted by Gasteiger charge is -2.09. The molecular weight excluding hydrogens is 469 g/mol. The van der Waals surface area contributed by atoms with Gasteiger partial charge in [-0.1, -0.05) is 28.4 Å². The van der Waals surface area contributed by atoms with E-state index in [0.29, 0.717) is 10.8 Å². The van der Waals surface area contributed by atoms with Gasteiger partial charge in [-0.05, 0) is 18.2 Å². The SMILES string of the molecule is O=C(COc1ccc(Cl)cc1Cl)NCCNC(=O)c1nc(Cn2cc([N+](=O)[O-])cn2)no1. The molecule has 2 heterocycles. The van der Waals surface area contributed by atoms with Crippen LogP contribution in [0.15, 0.2) is 35.1 Å². The van der Waals surface area contributed by atoms with E-state index in [-0.39, 0.29) is 48.7 Å². The first-order valence-corrected chi connectivity index (χ1v) is 9.69. The molecule has 0 unspecified atom stereocenters. The molecule has 0 atom stereocenters. The Morgan fingerprint density at radius 3 is 2.75 bits per heavy atom. The van der Waals surface area contributed by atoms with E-state index >= 15 is 0 Å². The van der Waals surface area contributed by atoms with Gasteiger partial charge in [0.05, 0.1) is 9.95 Å². The molecule has 15 heteroatoms. The zero-order chi connectivity index (χ0) is 23.1. The molecule has 3 rings (SSSR count). The van der Waals surface area contributed by atoms with E-state index in [4.69, 9.17) is 32.5 Å². The van der Waals surface area contributed by atoms with Crippen LogP contribution in [0, 0.1) is 10.1 Å². The molecule has 0 bridgehead atoms. The third-order valence-corrected chi connectivity index (χ3v) is 4.31. The lowest BCUT2D eigenvalue weighted by atomic mass is 10.3. The quantitative estimate of drug-likeness (QED) is 0.246. The van der Waals surface area contributed by atoms with E-state index in [1.165, 1.54) is 16.9 Å². The molecular formula is C17H15Cl2N7O6. The number of halogens is 2. The maximum Gasteiger partial charge on any atom is 0.316 e. The average Bonchev–Trinajstić information content (AvgIpc) is 3.41. The second kappa shape index (κ2) is 10.5. The minimum absolute atomic E-state index is 0.0156. The number of benzene rings is 1. The van der Waals surface area contributed by atoms with Gasteiger partial charge in [0.2, 0.25) is 0 Å². The van der Waals surface area contributed by atoms with E-state index in [1.807, 2.05) is 0 Å². The van der Waals surface area contributed by atoms with Gasteiger partial charge in [-0.15, -0.1) is 0 Å². The molecule has 1 aromatic carbocycles. The summed E-state index contributed by atoms with van der Waals surface area (Å²) >= 11 is 11.7. The molecule has 0 aliphatic rings. The third-order valence-electron chi connectivity index (χ3n) is 3.78. The minimum Gasteiger partial charge on any atom is -0.482 e. The molecule has 0 fully saturated rings. The van der Waals surface area contributed by atoms with Crippen molar-refractivity contribution in [3.05, 3.63) is 62.5 Å². The van der Waals surface area contributed by atoms with Crippen molar-refractivity contribution in [1.82, 2.24) is 30.6 Å². The van der Waals surface area contributed by atoms with Crippen LogP contribution in [0.1, 0.15) is 16.5 Å². The molecule has 2 aromatic heterocycles. The van der Waals surface area contributed by atoms with Crippen LogP contribution < -0.4 is 15.4 Å². The normalized spacial score (nSPS) is 10.6. The van der Waals surface area contributed by atoms with Gasteiger partial charge in [-0.25, -0.2) is 0 Å². The van der Waals surface area contributed by atoms with Crippen LogP contribution in [0.2, 0.25) is 10.0 Å². The summed E-state index contributed by atoms with van der Waals surface area (Å²) in [5.41, 5.74) is -0.185.